The van der Waals surface area contributed by atoms with Crippen LogP contribution in [0, 0.1) is 3.57 Å². The summed E-state index contributed by atoms with van der Waals surface area (Å²) < 4.78 is 1.16. The van der Waals surface area contributed by atoms with Crippen molar-refractivity contribution in [2.24, 2.45) is 0 Å². The summed E-state index contributed by atoms with van der Waals surface area (Å²) in [6.45, 7) is 0. The van der Waals surface area contributed by atoms with Crippen molar-refractivity contribution in [3.63, 3.8) is 0 Å². The molecular formula is C9H8BrIO. The van der Waals surface area contributed by atoms with Gasteiger partial charge in [-0.3, -0.25) is 4.79 Å². The lowest BCUT2D eigenvalue weighted by atomic mass is 10.1. The molecule has 0 saturated carbocycles. The molecule has 1 aromatic rings. The molecule has 0 bridgehead atoms. The first-order valence-corrected chi connectivity index (χ1v) is 5.75. The first-order chi connectivity index (χ1) is 5.74. The average Bonchev–Trinajstić information content (AvgIpc) is 2.09. The molecule has 0 spiro atoms. The minimum Gasteiger partial charge on any atom is -0.298 e. The molecule has 0 N–H and O–H groups in total. The quantitative estimate of drug-likeness (QED) is 0.612. The standard InChI is InChI=1S/C9H8BrIO/c10-6-8(12)5-7-3-1-2-4-9(7)11/h1-4H,5-6H2. The van der Waals surface area contributed by atoms with E-state index < -0.39 is 0 Å². The highest BCUT2D eigenvalue weighted by Crippen LogP contribution is 2.12. The van der Waals surface area contributed by atoms with Gasteiger partial charge in [-0.05, 0) is 34.2 Å². The van der Waals surface area contributed by atoms with Gasteiger partial charge in [0.1, 0.15) is 5.78 Å². The van der Waals surface area contributed by atoms with Crippen molar-refractivity contribution < 1.29 is 4.79 Å². The second-order valence-electron chi connectivity index (χ2n) is 2.44. The highest BCUT2D eigenvalue weighted by Gasteiger charge is 2.03. The molecule has 0 fully saturated rings. The third-order valence-corrected chi connectivity index (χ3v) is 3.17. The van der Waals surface area contributed by atoms with Crippen LogP contribution in [0.3, 0.4) is 0 Å². The maximum absolute atomic E-state index is 11.1. The number of hydrogen-bond acceptors (Lipinski definition) is 1. The van der Waals surface area contributed by atoms with Crippen molar-refractivity contribution in [1.29, 1.82) is 0 Å². The molecule has 0 aliphatic heterocycles. The Labute approximate surface area is 93.8 Å². The smallest absolute Gasteiger partial charge is 0.147 e. The van der Waals surface area contributed by atoms with E-state index in [0.29, 0.717) is 11.8 Å². The zero-order valence-corrected chi connectivity index (χ0v) is 10.1. The SMILES string of the molecule is O=C(CBr)Cc1ccccc1I. The number of alkyl halides is 1. The minimum absolute atomic E-state index is 0.221. The fourth-order valence-corrected chi connectivity index (χ4v) is 1.68. The Hall–Kier alpha value is 0.100. The third kappa shape index (κ3) is 2.86. The number of carbonyl (C=O) groups is 1. The van der Waals surface area contributed by atoms with Gasteiger partial charge in [0, 0.05) is 9.99 Å². The zero-order chi connectivity index (χ0) is 8.97. The van der Waals surface area contributed by atoms with E-state index in [1.54, 1.807) is 0 Å². The van der Waals surface area contributed by atoms with E-state index >= 15 is 0 Å². The van der Waals surface area contributed by atoms with Gasteiger partial charge in [-0.2, -0.15) is 0 Å². The second kappa shape index (κ2) is 4.97. The number of ketones is 1. The van der Waals surface area contributed by atoms with Gasteiger partial charge in [-0.25, -0.2) is 0 Å². The van der Waals surface area contributed by atoms with Crippen LogP contribution in [0.1, 0.15) is 5.56 Å². The van der Waals surface area contributed by atoms with Gasteiger partial charge in [0.15, 0.2) is 0 Å². The van der Waals surface area contributed by atoms with E-state index in [1.807, 2.05) is 24.3 Å². The Morgan fingerprint density at radius 1 is 1.42 bits per heavy atom. The van der Waals surface area contributed by atoms with Crippen LogP contribution in [0.5, 0.6) is 0 Å². The Kier molecular flexibility index (Phi) is 4.21. The van der Waals surface area contributed by atoms with E-state index in [4.69, 9.17) is 0 Å². The molecule has 1 aromatic carbocycles. The second-order valence-corrected chi connectivity index (χ2v) is 4.16. The van der Waals surface area contributed by atoms with Gasteiger partial charge in [0.05, 0.1) is 5.33 Å². The molecule has 0 saturated heterocycles. The Balaban J connectivity index is 2.75. The molecule has 3 heteroatoms. The van der Waals surface area contributed by atoms with Crippen molar-refractivity contribution in [2.75, 3.05) is 5.33 Å². The molecule has 0 amide bonds. The van der Waals surface area contributed by atoms with Gasteiger partial charge in [-0.15, -0.1) is 0 Å². The van der Waals surface area contributed by atoms with Gasteiger partial charge < -0.3 is 0 Å². The van der Waals surface area contributed by atoms with Crippen molar-refractivity contribution in [3.05, 3.63) is 33.4 Å². The van der Waals surface area contributed by atoms with Crippen LogP contribution >= 0.6 is 38.5 Å². The maximum atomic E-state index is 11.1. The van der Waals surface area contributed by atoms with Crippen molar-refractivity contribution >= 4 is 44.3 Å². The molecule has 0 aliphatic carbocycles. The number of hydrogen-bond donors (Lipinski definition) is 0. The molecule has 1 nitrogen and oxygen atoms in total. The fourth-order valence-electron chi connectivity index (χ4n) is 0.901. The summed E-state index contributed by atoms with van der Waals surface area (Å²) in [5.41, 5.74) is 1.11. The summed E-state index contributed by atoms with van der Waals surface area (Å²) in [7, 11) is 0. The van der Waals surface area contributed by atoms with Crippen molar-refractivity contribution in [1.82, 2.24) is 0 Å². The number of benzene rings is 1. The van der Waals surface area contributed by atoms with E-state index in [0.717, 1.165) is 9.13 Å². The van der Waals surface area contributed by atoms with Crippen LogP contribution in [0.15, 0.2) is 24.3 Å². The molecular weight excluding hydrogens is 331 g/mol. The van der Waals surface area contributed by atoms with Gasteiger partial charge >= 0.3 is 0 Å². The summed E-state index contributed by atoms with van der Waals surface area (Å²) in [4.78, 5) is 11.1. The Bertz CT molecular complexity index is 286. The van der Waals surface area contributed by atoms with Crippen LogP contribution in [0.2, 0.25) is 0 Å². The van der Waals surface area contributed by atoms with E-state index in [-0.39, 0.29) is 5.78 Å². The third-order valence-electron chi connectivity index (χ3n) is 1.49. The van der Waals surface area contributed by atoms with Gasteiger partial charge in [0.2, 0.25) is 0 Å². The average molecular weight is 339 g/mol. The monoisotopic (exact) mass is 338 g/mol. The molecule has 0 aromatic heterocycles. The summed E-state index contributed by atoms with van der Waals surface area (Å²) in [6.07, 6.45) is 0.532. The van der Waals surface area contributed by atoms with Crippen LogP contribution in [-0.2, 0) is 11.2 Å². The topological polar surface area (TPSA) is 17.1 Å². The number of halogens is 2. The van der Waals surface area contributed by atoms with Crippen LogP contribution < -0.4 is 0 Å². The summed E-state index contributed by atoms with van der Waals surface area (Å²) in [6, 6.07) is 7.93. The molecule has 0 atom stereocenters. The first-order valence-electron chi connectivity index (χ1n) is 3.55. The Morgan fingerprint density at radius 3 is 2.67 bits per heavy atom. The van der Waals surface area contributed by atoms with E-state index in [1.165, 1.54) is 0 Å². The highest BCUT2D eigenvalue weighted by atomic mass is 127. The Morgan fingerprint density at radius 2 is 2.08 bits per heavy atom. The fraction of sp³-hybridized carbons (Fsp3) is 0.222. The molecule has 0 unspecified atom stereocenters. The molecule has 0 radical (unpaired) electrons. The molecule has 1 rings (SSSR count). The number of carbonyl (C=O) groups excluding carboxylic acids is 1. The maximum Gasteiger partial charge on any atom is 0.147 e. The largest absolute Gasteiger partial charge is 0.298 e. The summed E-state index contributed by atoms with van der Waals surface area (Å²) in [5, 5.41) is 0.442. The number of Topliss-reactive ketones (excluding diaryl/α,β-unsaturated/α-hetero) is 1. The molecule has 64 valence electrons. The lowest BCUT2D eigenvalue weighted by molar-refractivity contribution is -0.115. The zero-order valence-electron chi connectivity index (χ0n) is 6.39. The summed E-state index contributed by atoms with van der Waals surface area (Å²) in [5.74, 6) is 0.221. The molecule has 0 aliphatic rings. The predicted octanol–water partition coefficient (Wildman–Crippen LogP) is 2.80. The van der Waals surface area contributed by atoms with Gasteiger partial charge in [0.25, 0.3) is 0 Å². The van der Waals surface area contributed by atoms with E-state index in [9.17, 15) is 4.79 Å². The van der Waals surface area contributed by atoms with Gasteiger partial charge in [-0.1, -0.05) is 34.1 Å². The normalized spacial score (nSPS) is 9.83. The number of rotatable bonds is 3. The van der Waals surface area contributed by atoms with E-state index in [2.05, 4.69) is 38.5 Å². The summed E-state index contributed by atoms with van der Waals surface area (Å²) >= 11 is 5.39. The van der Waals surface area contributed by atoms with Crippen molar-refractivity contribution in [2.45, 2.75) is 6.42 Å². The van der Waals surface area contributed by atoms with Crippen LogP contribution in [-0.4, -0.2) is 11.1 Å². The van der Waals surface area contributed by atoms with Crippen LogP contribution in [0.25, 0.3) is 0 Å². The minimum atomic E-state index is 0.221. The lowest BCUT2D eigenvalue weighted by Crippen LogP contribution is -2.04. The molecule has 12 heavy (non-hydrogen) atoms. The predicted molar refractivity (Wildman–Crippen MR) is 61.7 cm³/mol. The highest BCUT2D eigenvalue weighted by molar-refractivity contribution is 14.1. The van der Waals surface area contributed by atoms with Crippen molar-refractivity contribution in [3.8, 4) is 0 Å². The first kappa shape index (κ1) is 10.2. The van der Waals surface area contributed by atoms with Crippen LogP contribution in [0.4, 0.5) is 0 Å². The lowest BCUT2D eigenvalue weighted by Gasteiger charge is -2.00. The molecule has 0 heterocycles.